The highest BCUT2D eigenvalue weighted by Crippen LogP contribution is 2.22. The van der Waals surface area contributed by atoms with Crippen molar-refractivity contribution in [2.24, 2.45) is 0 Å². The molecular weight excluding hydrogens is 338 g/mol. The lowest BCUT2D eigenvalue weighted by molar-refractivity contribution is 0.617. The van der Waals surface area contributed by atoms with Crippen molar-refractivity contribution in [3.8, 4) is 6.07 Å². The van der Waals surface area contributed by atoms with Crippen LogP contribution in [0.25, 0.3) is 0 Å². The summed E-state index contributed by atoms with van der Waals surface area (Å²) >= 11 is 4.96. The van der Waals surface area contributed by atoms with Crippen molar-refractivity contribution in [1.82, 2.24) is 9.78 Å². The van der Waals surface area contributed by atoms with E-state index in [1.807, 2.05) is 32.0 Å². The Kier molecular flexibility index (Phi) is 4.73. The van der Waals surface area contributed by atoms with Gasteiger partial charge < -0.3 is 0 Å². The summed E-state index contributed by atoms with van der Waals surface area (Å²) < 4.78 is 2.41. The van der Waals surface area contributed by atoms with Gasteiger partial charge in [-0.15, -0.1) is 11.3 Å². The third-order valence-corrected chi connectivity index (χ3v) is 4.68. The molecule has 6 heteroatoms. The zero-order valence-electron chi connectivity index (χ0n) is 11.3. The topological polar surface area (TPSA) is 58.7 Å². The Bertz CT molecular complexity index is 727. The van der Waals surface area contributed by atoms with Crippen molar-refractivity contribution in [2.45, 2.75) is 33.2 Å². The Morgan fingerprint density at radius 3 is 2.65 bits per heavy atom. The summed E-state index contributed by atoms with van der Waals surface area (Å²) in [7, 11) is 0. The van der Waals surface area contributed by atoms with Crippen LogP contribution in [0.4, 0.5) is 0 Å². The summed E-state index contributed by atoms with van der Waals surface area (Å²) in [6, 6.07) is 5.94. The van der Waals surface area contributed by atoms with Gasteiger partial charge in [0, 0.05) is 4.88 Å². The van der Waals surface area contributed by atoms with Crippen molar-refractivity contribution in [2.75, 3.05) is 0 Å². The lowest BCUT2D eigenvalue weighted by Crippen LogP contribution is -2.29. The van der Waals surface area contributed by atoms with E-state index in [9.17, 15) is 10.1 Å². The molecule has 0 saturated carbocycles. The molecule has 0 aliphatic carbocycles. The standard InChI is InChI=1S/C14H14BrN3OS/c1-3-10-11(7-16)14(19)18(17-12(10)4-2)8-9-5-6-13(15)20-9/h5-6H,3-4,8H2,1-2H3. The minimum absolute atomic E-state index is 0.231. The summed E-state index contributed by atoms with van der Waals surface area (Å²) in [5, 5.41) is 13.7. The number of rotatable bonds is 4. The van der Waals surface area contributed by atoms with Gasteiger partial charge >= 0.3 is 0 Å². The average Bonchev–Trinajstić information content (AvgIpc) is 2.85. The van der Waals surface area contributed by atoms with E-state index in [4.69, 9.17) is 0 Å². The van der Waals surface area contributed by atoms with Crippen LogP contribution in [0.15, 0.2) is 20.7 Å². The number of hydrogen-bond acceptors (Lipinski definition) is 4. The summed E-state index contributed by atoms with van der Waals surface area (Å²) in [5.41, 5.74) is 1.55. The molecule has 0 atom stereocenters. The third-order valence-electron chi connectivity index (χ3n) is 3.07. The molecule has 2 rings (SSSR count). The van der Waals surface area contributed by atoms with Gasteiger partial charge in [0.2, 0.25) is 0 Å². The second-order valence-corrected chi connectivity index (χ2v) is 6.84. The number of thiophene rings is 1. The van der Waals surface area contributed by atoms with Gasteiger partial charge in [-0.1, -0.05) is 13.8 Å². The fraction of sp³-hybridized carbons (Fsp3) is 0.357. The van der Waals surface area contributed by atoms with Crippen LogP contribution in [0.3, 0.4) is 0 Å². The molecule has 20 heavy (non-hydrogen) atoms. The van der Waals surface area contributed by atoms with Crippen LogP contribution < -0.4 is 5.56 Å². The number of nitrogens with zero attached hydrogens (tertiary/aromatic N) is 3. The second kappa shape index (κ2) is 6.33. The molecule has 2 aromatic heterocycles. The molecule has 0 aliphatic heterocycles. The number of nitriles is 1. The van der Waals surface area contributed by atoms with E-state index >= 15 is 0 Å². The summed E-state index contributed by atoms with van der Waals surface area (Å²) in [6.45, 7) is 4.33. The maximum absolute atomic E-state index is 12.3. The van der Waals surface area contributed by atoms with E-state index in [0.717, 1.165) is 19.9 Å². The molecular formula is C14H14BrN3OS. The Hall–Kier alpha value is -1.45. The normalized spacial score (nSPS) is 10.5. The average molecular weight is 352 g/mol. The molecule has 4 nitrogen and oxygen atoms in total. The molecule has 0 amide bonds. The lowest BCUT2D eigenvalue weighted by Gasteiger charge is -2.11. The first kappa shape index (κ1) is 14.9. The van der Waals surface area contributed by atoms with E-state index in [2.05, 4.69) is 21.0 Å². The number of halogens is 1. The molecule has 2 aromatic rings. The minimum Gasteiger partial charge on any atom is -0.266 e. The van der Waals surface area contributed by atoms with Crippen molar-refractivity contribution in [3.05, 3.63) is 48.0 Å². The Balaban J connectivity index is 2.54. The van der Waals surface area contributed by atoms with Crippen molar-refractivity contribution >= 4 is 27.3 Å². The fourth-order valence-corrected chi connectivity index (χ4v) is 3.59. The smallest absolute Gasteiger partial charge is 0.266 e. The lowest BCUT2D eigenvalue weighted by atomic mass is 10.0. The summed E-state index contributed by atoms with van der Waals surface area (Å²) in [4.78, 5) is 13.4. The molecule has 0 bridgehead atoms. The van der Waals surface area contributed by atoms with Crippen LogP contribution in [0.1, 0.15) is 35.5 Å². The Labute approximate surface area is 129 Å². The highest BCUT2D eigenvalue weighted by Gasteiger charge is 2.15. The van der Waals surface area contributed by atoms with Gasteiger partial charge in [0.15, 0.2) is 0 Å². The third kappa shape index (κ3) is 2.84. The highest BCUT2D eigenvalue weighted by atomic mass is 79.9. The van der Waals surface area contributed by atoms with Gasteiger partial charge in [0.05, 0.1) is 16.0 Å². The van der Waals surface area contributed by atoms with Crippen molar-refractivity contribution < 1.29 is 0 Å². The van der Waals surface area contributed by atoms with Crippen LogP contribution in [-0.2, 0) is 19.4 Å². The van der Waals surface area contributed by atoms with Crippen molar-refractivity contribution in [3.63, 3.8) is 0 Å². The second-order valence-electron chi connectivity index (χ2n) is 4.29. The van der Waals surface area contributed by atoms with Crippen LogP contribution >= 0.6 is 27.3 Å². The first-order chi connectivity index (χ1) is 9.60. The maximum atomic E-state index is 12.3. The molecule has 0 N–H and O–H groups in total. The molecule has 0 fully saturated rings. The molecule has 0 radical (unpaired) electrons. The van der Waals surface area contributed by atoms with E-state index in [0.29, 0.717) is 19.4 Å². The quantitative estimate of drug-likeness (QED) is 0.850. The molecule has 0 spiro atoms. The van der Waals surface area contributed by atoms with Gasteiger partial charge in [-0.25, -0.2) is 4.68 Å². The highest BCUT2D eigenvalue weighted by molar-refractivity contribution is 9.11. The monoisotopic (exact) mass is 351 g/mol. The van der Waals surface area contributed by atoms with E-state index in [1.165, 1.54) is 4.68 Å². The Morgan fingerprint density at radius 1 is 1.40 bits per heavy atom. The van der Waals surface area contributed by atoms with Crippen molar-refractivity contribution in [1.29, 1.82) is 5.26 Å². The largest absolute Gasteiger partial charge is 0.285 e. The zero-order chi connectivity index (χ0) is 14.7. The SMILES string of the molecule is CCc1nn(Cc2ccc(Br)s2)c(=O)c(C#N)c1CC. The van der Waals surface area contributed by atoms with Gasteiger partial charge in [-0.05, 0) is 46.5 Å². The predicted octanol–water partition coefficient (Wildman–Crippen LogP) is 3.11. The number of aryl methyl sites for hydroxylation is 1. The zero-order valence-corrected chi connectivity index (χ0v) is 13.7. The summed E-state index contributed by atoms with van der Waals surface area (Å²) in [5.74, 6) is 0. The number of aromatic nitrogens is 2. The van der Waals surface area contributed by atoms with E-state index in [1.54, 1.807) is 11.3 Å². The van der Waals surface area contributed by atoms with Crippen LogP contribution in [0, 0.1) is 11.3 Å². The predicted molar refractivity (Wildman–Crippen MR) is 83.1 cm³/mol. The fourth-order valence-electron chi connectivity index (χ4n) is 2.13. The molecule has 0 saturated heterocycles. The van der Waals surface area contributed by atoms with Gasteiger partial charge in [0.25, 0.3) is 5.56 Å². The minimum atomic E-state index is -0.300. The van der Waals surface area contributed by atoms with E-state index in [-0.39, 0.29) is 11.1 Å². The van der Waals surface area contributed by atoms with E-state index < -0.39 is 0 Å². The molecule has 0 unspecified atom stereocenters. The van der Waals surface area contributed by atoms with Crippen LogP contribution in [0.2, 0.25) is 0 Å². The first-order valence-corrected chi connectivity index (χ1v) is 7.98. The molecule has 0 aromatic carbocycles. The van der Waals surface area contributed by atoms with Crippen LogP contribution in [0.5, 0.6) is 0 Å². The molecule has 2 heterocycles. The number of hydrogen-bond donors (Lipinski definition) is 0. The van der Waals surface area contributed by atoms with Crippen LogP contribution in [-0.4, -0.2) is 9.78 Å². The maximum Gasteiger partial charge on any atom is 0.285 e. The van der Waals surface area contributed by atoms with Gasteiger partial charge in [0.1, 0.15) is 11.6 Å². The van der Waals surface area contributed by atoms with Gasteiger partial charge in [-0.3, -0.25) is 4.79 Å². The Morgan fingerprint density at radius 2 is 2.15 bits per heavy atom. The summed E-state index contributed by atoms with van der Waals surface area (Å²) in [6.07, 6.45) is 1.37. The molecule has 104 valence electrons. The van der Waals surface area contributed by atoms with Gasteiger partial charge in [-0.2, -0.15) is 10.4 Å². The first-order valence-electron chi connectivity index (χ1n) is 6.37. The molecule has 0 aliphatic rings.